The van der Waals surface area contributed by atoms with Crippen LogP contribution in [0.1, 0.15) is 29.6 Å². The lowest BCUT2D eigenvalue weighted by Gasteiger charge is -2.41. The molecule has 0 spiro atoms. The van der Waals surface area contributed by atoms with Crippen LogP contribution in [0.5, 0.6) is 0 Å². The summed E-state index contributed by atoms with van der Waals surface area (Å²) >= 11 is 0. The van der Waals surface area contributed by atoms with Crippen molar-refractivity contribution >= 4 is 5.91 Å². The Morgan fingerprint density at radius 3 is 2.76 bits per heavy atom. The van der Waals surface area contributed by atoms with Crippen molar-refractivity contribution in [2.75, 3.05) is 6.54 Å². The van der Waals surface area contributed by atoms with Gasteiger partial charge < -0.3 is 15.6 Å². The summed E-state index contributed by atoms with van der Waals surface area (Å²) in [7, 11) is 1.65. The maximum Gasteiger partial charge on any atom is 0.252 e. The number of aromatic nitrogens is 1. The van der Waals surface area contributed by atoms with Crippen molar-refractivity contribution in [1.82, 2.24) is 9.88 Å². The lowest BCUT2D eigenvalue weighted by molar-refractivity contribution is 0.0837. The van der Waals surface area contributed by atoms with E-state index in [1.165, 1.54) is 10.6 Å². The summed E-state index contributed by atoms with van der Waals surface area (Å²) in [6.07, 6.45) is 4.52. The first-order chi connectivity index (χ1) is 8.06. The summed E-state index contributed by atoms with van der Waals surface area (Å²) in [5.41, 5.74) is 5.63. The van der Waals surface area contributed by atoms with Crippen LogP contribution in [0.25, 0.3) is 0 Å². The molecule has 2 rings (SSSR count). The van der Waals surface area contributed by atoms with Gasteiger partial charge in [0.15, 0.2) is 0 Å². The van der Waals surface area contributed by atoms with E-state index in [2.05, 4.69) is 5.32 Å². The Hall–Kier alpha value is -1.62. The van der Waals surface area contributed by atoms with Gasteiger partial charge >= 0.3 is 0 Å². The Morgan fingerprint density at radius 1 is 1.59 bits per heavy atom. The van der Waals surface area contributed by atoms with Crippen molar-refractivity contribution in [3.05, 3.63) is 34.2 Å². The van der Waals surface area contributed by atoms with Crippen LogP contribution in [-0.2, 0) is 7.05 Å². The van der Waals surface area contributed by atoms with Gasteiger partial charge in [0, 0.05) is 31.4 Å². The fraction of sp³-hybridized carbons (Fsp3) is 0.500. The van der Waals surface area contributed by atoms with Crippen LogP contribution >= 0.6 is 0 Å². The van der Waals surface area contributed by atoms with E-state index < -0.39 is 0 Å². The summed E-state index contributed by atoms with van der Waals surface area (Å²) in [5, 5.41) is 2.93. The maximum atomic E-state index is 12.0. The van der Waals surface area contributed by atoms with Crippen molar-refractivity contribution < 1.29 is 4.79 Å². The molecule has 3 N–H and O–H groups in total. The first kappa shape index (κ1) is 11.9. The molecule has 5 heteroatoms. The SMILES string of the molecule is Cn1ccc(C(=O)NC2(CN)CCC2)cc1=O. The third-order valence-corrected chi connectivity index (χ3v) is 3.45. The van der Waals surface area contributed by atoms with Gasteiger partial charge in [-0.15, -0.1) is 0 Å². The minimum Gasteiger partial charge on any atom is -0.345 e. The molecule has 1 aliphatic rings. The highest BCUT2D eigenvalue weighted by atomic mass is 16.2. The highest BCUT2D eigenvalue weighted by Crippen LogP contribution is 2.30. The molecular weight excluding hydrogens is 218 g/mol. The van der Waals surface area contributed by atoms with E-state index in [9.17, 15) is 9.59 Å². The number of carbonyl (C=O) groups excluding carboxylic acids is 1. The molecule has 5 nitrogen and oxygen atoms in total. The molecule has 0 atom stereocenters. The number of nitrogens with two attached hydrogens (primary N) is 1. The molecule has 1 aliphatic carbocycles. The average Bonchev–Trinajstić information content (AvgIpc) is 2.27. The van der Waals surface area contributed by atoms with Crippen molar-refractivity contribution in [3.63, 3.8) is 0 Å². The Bertz CT molecular complexity index is 483. The number of amides is 1. The van der Waals surface area contributed by atoms with Crippen LogP contribution < -0.4 is 16.6 Å². The van der Waals surface area contributed by atoms with E-state index in [1.807, 2.05) is 0 Å². The fourth-order valence-electron chi connectivity index (χ4n) is 1.99. The summed E-state index contributed by atoms with van der Waals surface area (Å²) in [6, 6.07) is 2.98. The predicted octanol–water partition coefficient (Wildman–Crippen LogP) is -0.00350. The normalized spacial score (nSPS) is 17.3. The second-order valence-corrected chi connectivity index (χ2v) is 4.66. The number of pyridine rings is 1. The lowest BCUT2D eigenvalue weighted by atomic mass is 9.76. The van der Waals surface area contributed by atoms with Gasteiger partial charge in [0.25, 0.3) is 11.5 Å². The highest BCUT2D eigenvalue weighted by molar-refractivity contribution is 5.94. The highest BCUT2D eigenvalue weighted by Gasteiger charge is 2.37. The number of aryl methyl sites for hydroxylation is 1. The molecule has 92 valence electrons. The topological polar surface area (TPSA) is 77.1 Å². The second kappa shape index (κ2) is 4.33. The summed E-state index contributed by atoms with van der Waals surface area (Å²) in [6.45, 7) is 0.448. The van der Waals surface area contributed by atoms with Crippen molar-refractivity contribution in [2.24, 2.45) is 12.8 Å². The molecular formula is C12H17N3O2. The zero-order valence-corrected chi connectivity index (χ0v) is 9.90. The van der Waals surface area contributed by atoms with E-state index >= 15 is 0 Å². The van der Waals surface area contributed by atoms with Gasteiger partial charge in [-0.05, 0) is 25.3 Å². The van der Waals surface area contributed by atoms with Crippen LogP contribution in [0.2, 0.25) is 0 Å². The molecule has 0 radical (unpaired) electrons. The van der Waals surface area contributed by atoms with Gasteiger partial charge in [-0.3, -0.25) is 9.59 Å². The monoisotopic (exact) mass is 235 g/mol. The molecule has 0 saturated heterocycles. The number of hydrogen-bond acceptors (Lipinski definition) is 3. The van der Waals surface area contributed by atoms with Gasteiger partial charge in [0.05, 0.1) is 5.54 Å². The first-order valence-electron chi connectivity index (χ1n) is 5.76. The third-order valence-electron chi connectivity index (χ3n) is 3.45. The predicted molar refractivity (Wildman–Crippen MR) is 64.8 cm³/mol. The van der Waals surface area contributed by atoms with Gasteiger partial charge in [-0.2, -0.15) is 0 Å². The zero-order valence-electron chi connectivity index (χ0n) is 9.90. The van der Waals surface area contributed by atoms with Crippen LogP contribution in [0.15, 0.2) is 23.1 Å². The molecule has 0 bridgehead atoms. The van der Waals surface area contributed by atoms with Gasteiger partial charge in [-0.25, -0.2) is 0 Å². The molecule has 1 fully saturated rings. The first-order valence-corrected chi connectivity index (χ1v) is 5.76. The standard InChI is InChI=1S/C12H17N3O2/c1-15-6-3-9(7-10(15)16)11(17)14-12(8-13)4-2-5-12/h3,6-7H,2,4-5,8,13H2,1H3,(H,14,17). The summed E-state index contributed by atoms with van der Waals surface area (Å²) in [4.78, 5) is 23.4. The smallest absolute Gasteiger partial charge is 0.252 e. The minimum atomic E-state index is -0.252. The molecule has 0 unspecified atom stereocenters. The Morgan fingerprint density at radius 2 is 2.29 bits per heavy atom. The summed E-state index contributed by atoms with van der Waals surface area (Å²) in [5.74, 6) is -0.215. The number of nitrogens with zero attached hydrogens (tertiary/aromatic N) is 1. The molecule has 0 aromatic carbocycles. The van der Waals surface area contributed by atoms with Crippen LogP contribution in [0, 0.1) is 0 Å². The van der Waals surface area contributed by atoms with Crippen LogP contribution in [-0.4, -0.2) is 22.6 Å². The zero-order chi connectivity index (χ0) is 12.5. The Kier molecular flexibility index (Phi) is 3.02. The van der Waals surface area contributed by atoms with E-state index in [0.29, 0.717) is 12.1 Å². The number of nitrogens with one attached hydrogen (secondary N) is 1. The quantitative estimate of drug-likeness (QED) is 0.774. The lowest BCUT2D eigenvalue weighted by Crippen LogP contribution is -2.58. The molecule has 1 saturated carbocycles. The minimum absolute atomic E-state index is 0.187. The second-order valence-electron chi connectivity index (χ2n) is 4.66. The van der Waals surface area contributed by atoms with Crippen molar-refractivity contribution in [3.8, 4) is 0 Å². The third kappa shape index (κ3) is 2.24. The Labute approximate surface area is 99.6 Å². The van der Waals surface area contributed by atoms with E-state index in [4.69, 9.17) is 5.73 Å². The molecule has 1 aromatic rings. The van der Waals surface area contributed by atoms with Gasteiger partial charge in [0.2, 0.25) is 0 Å². The maximum absolute atomic E-state index is 12.0. The molecule has 1 amide bonds. The molecule has 1 aromatic heterocycles. The van der Waals surface area contributed by atoms with Crippen molar-refractivity contribution in [2.45, 2.75) is 24.8 Å². The van der Waals surface area contributed by atoms with Crippen LogP contribution in [0.4, 0.5) is 0 Å². The average molecular weight is 235 g/mol. The molecule has 0 aliphatic heterocycles. The van der Waals surface area contributed by atoms with Crippen LogP contribution in [0.3, 0.4) is 0 Å². The largest absolute Gasteiger partial charge is 0.345 e. The molecule has 1 heterocycles. The number of hydrogen-bond donors (Lipinski definition) is 2. The summed E-state index contributed by atoms with van der Waals surface area (Å²) < 4.78 is 1.43. The Balaban J connectivity index is 2.14. The van der Waals surface area contributed by atoms with E-state index in [1.54, 1.807) is 19.3 Å². The fourth-order valence-corrected chi connectivity index (χ4v) is 1.99. The van der Waals surface area contributed by atoms with Gasteiger partial charge in [-0.1, -0.05) is 0 Å². The van der Waals surface area contributed by atoms with Crippen molar-refractivity contribution in [1.29, 1.82) is 0 Å². The van der Waals surface area contributed by atoms with E-state index in [-0.39, 0.29) is 17.0 Å². The number of carbonyl (C=O) groups is 1. The van der Waals surface area contributed by atoms with Gasteiger partial charge in [0.1, 0.15) is 0 Å². The number of rotatable bonds is 3. The molecule has 17 heavy (non-hydrogen) atoms. The van der Waals surface area contributed by atoms with E-state index in [0.717, 1.165) is 19.3 Å².